The fourth-order valence-electron chi connectivity index (χ4n) is 1.67. The molecule has 7 heteroatoms. The van der Waals surface area contributed by atoms with E-state index in [0.717, 1.165) is 4.90 Å². The molecule has 19 heavy (non-hydrogen) atoms. The SMILES string of the molecule is CCC(C(=O)O)N(C)C(=O)N(C)CC(=O)NC(C)C. The number of nitrogens with zero attached hydrogens (tertiary/aromatic N) is 2. The summed E-state index contributed by atoms with van der Waals surface area (Å²) in [5, 5.41) is 11.6. The minimum atomic E-state index is -1.06. The number of likely N-dealkylation sites (N-methyl/N-ethyl adjacent to an activating group) is 2. The molecule has 0 aliphatic carbocycles. The highest BCUT2D eigenvalue weighted by Gasteiger charge is 2.27. The zero-order valence-corrected chi connectivity index (χ0v) is 12.1. The number of carboxylic acids is 1. The van der Waals surface area contributed by atoms with Crippen LogP contribution in [0, 0.1) is 0 Å². The first-order valence-electron chi connectivity index (χ1n) is 6.20. The largest absolute Gasteiger partial charge is 0.480 e. The zero-order valence-electron chi connectivity index (χ0n) is 12.1. The van der Waals surface area contributed by atoms with Crippen molar-refractivity contribution in [2.45, 2.75) is 39.3 Å². The van der Waals surface area contributed by atoms with Crippen LogP contribution in [0.25, 0.3) is 0 Å². The molecular weight excluding hydrogens is 250 g/mol. The van der Waals surface area contributed by atoms with Gasteiger partial charge < -0.3 is 20.2 Å². The van der Waals surface area contributed by atoms with Crippen LogP contribution in [0.5, 0.6) is 0 Å². The molecule has 0 aliphatic heterocycles. The monoisotopic (exact) mass is 273 g/mol. The Hall–Kier alpha value is -1.79. The molecule has 0 saturated heterocycles. The minimum absolute atomic E-state index is 0.00357. The molecule has 0 saturated carbocycles. The van der Waals surface area contributed by atoms with Crippen molar-refractivity contribution in [1.82, 2.24) is 15.1 Å². The van der Waals surface area contributed by atoms with Crippen molar-refractivity contribution in [3.8, 4) is 0 Å². The topological polar surface area (TPSA) is 90.0 Å². The third-order valence-electron chi connectivity index (χ3n) is 2.60. The van der Waals surface area contributed by atoms with Gasteiger partial charge in [0.25, 0.3) is 0 Å². The highest BCUT2D eigenvalue weighted by atomic mass is 16.4. The van der Waals surface area contributed by atoms with Crippen molar-refractivity contribution in [1.29, 1.82) is 0 Å². The lowest BCUT2D eigenvalue weighted by molar-refractivity contribution is -0.142. The maximum absolute atomic E-state index is 12.0. The van der Waals surface area contributed by atoms with Gasteiger partial charge in [-0.1, -0.05) is 6.92 Å². The van der Waals surface area contributed by atoms with E-state index in [4.69, 9.17) is 5.11 Å². The second-order valence-corrected chi connectivity index (χ2v) is 4.73. The van der Waals surface area contributed by atoms with Gasteiger partial charge in [-0.25, -0.2) is 9.59 Å². The van der Waals surface area contributed by atoms with Crippen molar-refractivity contribution < 1.29 is 19.5 Å². The zero-order chi connectivity index (χ0) is 15.2. The summed E-state index contributed by atoms with van der Waals surface area (Å²) in [7, 11) is 2.88. The molecule has 0 aliphatic rings. The number of carboxylic acid groups (broad SMARTS) is 1. The number of hydrogen-bond donors (Lipinski definition) is 2. The van der Waals surface area contributed by atoms with Crippen LogP contribution in [0.15, 0.2) is 0 Å². The lowest BCUT2D eigenvalue weighted by atomic mass is 10.2. The molecule has 7 nitrogen and oxygen atoms in total. The summed E-state index contributed by atoms with van der Waals surface area (Å²) in [5.41, 5.74) is 0. The molecule has 2 N–H and O–H groups in total. The van der Waals surface area contributed by atoms with Gasteiger partial charge in [-0.05, 0) is 20.3 Å². The molecule has 0 aromatic carbocycles. The van der Waals surface area contributed by atoms with Gasteiger partial charge in [0, 0.05) is 20.1 Å². The Labute approximate surface area is 113 Å². The first kappa shape index (κ1) is 17.2. The van der Waals surface area contributed by atoms with E-state index in [1.54, 1.807) is 6.92 Å². The van der Waals surface area contributed by atoms with Gasteiger partial charge in [-0.2, -0.15) is 0 Å². The van der Waals surface area contributed by atoms with E-state index in [9.17, 15) is 14.4 Å². The second kappa shape index (κ2) is 7.60. The molecule has 0 spiro atoms. The summed E-state index contributed by atoms with van der Waals surface area (Å²) in [5.74, 6) is -1.33. The first-order chi connectivity index (χ1) is 8.70. The molecule has 1 atom stereocenters. The first-order valence-corrected chi connectivity index (χ1v) is 6.20. The predicted octanol–water partition coefficient (Wildman–Crippen LogP) is 0.358. The van der Waals surface area contributed by atoms with E-state index in [2.05, 4.69) is 5.32 Å². The van der Waals surface area contributed by atoms with Gasteiger partial charge in [0.2, 0.25) is 5.91 Å². The summed E-state index contributed by atoms with van der Waals surface area (Å²) in [6, 6.07) is -1.38. The van der Waals surface area contributed by atoms with Gasteiger partial charge >= 0.3 is 12.0 Å². The third-order valence-corrected chi connectivity index (χ3v) is 2.60. The lowest BCUT2D eigenvalue weighted by Gasteiger charge is -2.28. The highest BCUT2D eigenvalue weighted by molar-refractivity contribution is 5.86. The highest BCUT2D eigenvalue weighted by Crippen LogP contribution is 2.05. The Morgan fingerprint density at radius 3 is 2.11 bits per heavy atom. The number of urea groups is 1. The van der Waals surface area contributed by atoms with Gasteiger partial charge in [-0.3, -0.25) is 4.79 Å². The van der Waals surface area contributed by atoms with Gasteiger partial charge in [0.05, 0.1) is 0 Å². The molecule has 110 valence electrons. The van der Waals surface area contributed by atoms with Crippen LogP contribution in [0.2, 0.25) is 0 Å². The summed E-state index contributed by atoms with van der Waals surface area (Å²) < 4.78 is 0. The summed E-state index contributed by atoms with van der Waals surface area (Å²) in [6.07, 6.45) is 0.309. The Morgan fingerprint density at radius 2 is 1.74 bits per heavy atom. The van der Waals surface area contributed by atoms with Crippen LogP contribution in [0.1, 0.15) is 27.2 Å². The smallest absolute Gasteiger partial charge is 0.326 e. The minimum Gasteiger partial charge on any atom is -0.480 e. The second-order valence-electron chi connectivity index (χ2n) is 4.73. The van der Waals surface area contributed by atoms with Crippen LogP contribution >= 0.6 is 0 Å². The van der Waals surface area contributed by atoms with Gasteiger partial charge in [0.1, 0.15) is 12.6 Å². The number of nitrogens with one attached hydrogen (secondary N) is 1. The summed E-state index contributed by atoms with van der Waals surface area (Å²) in [4.78, 5) is 36.8. The van der Waals surface area contributed by atoms with Crippen LogP contribution < -0.4 is 5.32 Å². The molecule has 0 heterocycles. The molecule has 0 radical (unpaired) electrons. The average Bonchev–Trinajstić information content (AvgIpc) is 2.26. The van der Waals surface area contributed by atoms with E-state index in [0.29, 0.717) is 6.42 Å². The normalized spacial score (nSPS) is 11.9. The van der Waals surface area contributed by atoms with Gasteiger partial charge in [-0.15, -0.1) is 0 Å². The molecule has 0 rings (SSSR count). The van der Waals surface area contributed by atoms with Crippen LogP contribution in [0.3, 0.4) is 0 Å². The molecule has 0 fully saturated rings. The Kier molecular flexibility index (Phi) is 6.89. The third kappa shape index (κ3) is 5.58. The molecule has 0 aromatic rings. The predicted molar refractivity (Wildman–Crippen MR) is 70.8 cm³/mol. The number of aliphatic carboxylic acids is 1. The average molecular weight is 273 g/mol. The maximum Gasteiger partial charge on any atom is 0.326 e. The fourth-order valence-corrected chi connectivity index (χ4v) is 1.67. The molecular formula is C12H23N3O4. The van der Waals surface area contributed by atoms with E-state index in [1.165, 1.54) is 19.0 Å². The van der Waals surface area contributed by atoms with Crippen molar-refractivity contribution >= 4 is 17.9 Å². The van der Waals surface area contributed by atoms with Crippen LogP contribution in [-0.4, -0.2) is 65.5 Å². The standard InChI is InChI=1S/C12H23N3O4/c1-6-9(11(17)18)15(5)12(19)14(4)7-10(16)13-8(2)3/h8-9H,6-7H2,1-5H3,(H,13,16)(H,17,18). The summed E-state index contributed by atoms with van der Waals surface area (Å²) in [6.45, 7) is 5.23. The lowest BCUT2D eigenvalue weighted by Crippen LogP contribution is -2.50. The van der Waals surface area contributed by atoms with E-state index in [-0.39, 0.29) is 18.5 Å². The van der Waals surface area contributed by atoms with E-state index < -0.39 is 18.0 Å². The van der Waals surface area contributed by atoms with Crippen molar-refractivity contribution in [2.75, 3.05) is 20.6 Å². The Balaban J connectivity index is 4.55. The molecule has 3 amide bonds. The van der Waals surface area contributed by atoms with Crippen molar-refractivity contribution in [2.24, 2.45) is 0 Å². The molecule has 1 unspecified atom stereocenters. The van der Waals surface area contributed by atoms with Crippen LogP contribution in [-0.2, 0) is 9.59 Å². The number of amides is 3. The number of hydrogen-bond acceptors (Lipinski definition) is 3. The quantitative estimate of drug-likeness (QED) is 0.731. The van der Waals surface area contributed by atoms with Gasteiger partial charge in [0.15, 0.2) is 0 Å². The summed E-state index contributed by atoms with van der Waals surface area (Å²) >= 11 is 0. The maximum atomic E-state index is 12.0. The molecule has 0 bridgehead atoms. The van der Waals surface area contributed by atoms with Crippen LogP contribution in [0.4, 0.5) is 4.79 Å². The number of carbonyl (C=O) groups excluding carboxylic acids is 2. The number of carbonyl (C=O) groups is 3. The Bertz CT molecular complexity index is 344. The van der Waals surface area contributed by atoms with E-state index in [1.807, 2.05) is 13.8 Å². The van der Waals surface area contributed by atoms with E-state index >= 15 is 0 Å². The number of rotatable bonds is 6. The van der Waals surface area contributed by atoms with Crippen molar-refractivity contribution in [3.63, 3.8) is 0 Å². The fraction of sp³-hybridized carbons (Fsp3) is 0.750. The molecule has 0 aromatic heterocycles. The van der Waals surface area contributed by atoms with Crippen molar-refractivity contribution in [3.05, 3.63) is 0 Å². The Morgan fingerprint density at radius 1 is 1.21 bits per heavy atom.